The number of benzene rings is 2. The Morgan fingerprint density at radius 2 is 1.90 bits per heavy atom. The fourth-order valence-corrected chi connectivity index (χ4v) is 4.93. The first-order valence-electron chi connectivity index (χ1n) is 10.2. The number of piperazine rings is 1. The van der Waals surface area contributed by atoms with Crippen LogP contribution in [0.4, 0.5) is 11.4 Å². The Kier molecular flexibility index (Phi) is 6.97. The zero-order valence-electron chi connectivity index (χ0n) is 17.9. The molecule has 1 unspecified atom stereocenters. The maximum Gasteiger partial charge on any atom is 0.264 e. The van der Waals surface area contributed by atoms with Crippen LogP contribution in [0.5, 0.6) is 0 Å². The van der Waals surface area contributed by atoms with Gasteiger partial charge in [-0.3, -0.25) is 18.8 Å². The molecule has 3 rings (SSSR count). The number of nitrogens with zero attached hydrogens (tertiary/aromatic N) is 2. The number of nitrogens with one attached hydrogen (secondary N) is 2. The highest BCUT2D eigenvalue weighted by atomic mass is 32.2. The summed E-state index contributed by atoms with van der Waals surface area (Å²) in [6.07, 6.45) is 0. The van der Waals surface area contributed by atoms with E-state index in [0.29, 0.717) is 24.5 Å². The topological polar surface area (TPSA) is 98.8 Å². The third kappa shape index (κ3) is 5.23. The number of para-hydroxylation sites is 1. The minimum absolute atomic E-state index is 0.0527. The minimum Gasteiger partial charge on any atom is -0.353 e. The van der Waals surface area contributed by atoms with Crippen molar-refractivity contribution in [1.29, 1.82) is 0 Å². The Labute approximate surface area is 183 Å². The molecule has 0 bridgehead atoms. The monoisotopic (exact) mass is 444 g/mol. The van der Waals surface area contributed by atoms with E-state index in [1.807, 2.05) is 24.8 Å². The molecule has 0 spiro atoms. The molecule has 9 heteroatoms. The van der Waals surface area contributed by atoms with Crippen LogP contribution in [0.1, 0.15) is 13.8 Å². The van der Waals surface area contributed by atoms with E-state index >= 15 is 0 Å². The summed E-state index contributed by atoms with van der Waals surface area (Å²) in [6.45, 7) is 5.01. The van der Waals surface area contributed by atoms with E-state index in [1.165, 1.54) is 23.5 Å². The molecule has 1 saturated heterocycles. The van der Waals surface area contributed by atoms with Crippen molar-refractivity contribution < 1.29 is 18.0 Å². The lowest BCUT2D eigenvalue weighted by molar-refractivity contribution is -0.132. The first-order valence-corrected chi connectivity index (χ1v) is 11.6. The first kappa shape index (κ1) is 22.8. The molecule has 2 aromatic carbocycles. The average molecular weight is 445 g/mol. The lowest BCUT2D eigenvalue weighted by Crippen LogP contribution is -2.58. The number of rotatable bonds is 7. The second-order valence-electron chi connectivity index (χ2n) is 7.83. The van der Waals surface area contributed by atoms with Crippen LogP contribution in [-0.4, -0.2) is 57.9 Å². The molecule has 0 aliphatic carbocycles. The third-order valence-electron chi connectivity index (χ3n) is 5.23. The Morgan fingerprint density at radius 1 is 1.19 bits per heavy atom. The van der Waals surface area contributed by atoms with Crippen LogP contribution in [0.25, 0.3) is 0 Å². The molecule has 1 atom stereocenters. The number of sulfonamides is 1. The van der Waals surface area contributed by atoms with Crippen LogP contribution in [0.15, 0.2) is 59.5 Å². The van der Waals surface area contributed by atoms with Gasteiger partial charge in [-0.05, 0) is 36.2 Å². The molecule has 2 N–H and O–H groups in total. The van der Waals surface area contributed by atoms with Gasteiger partial charge in [-0.2, -0.15) is 0 Å². The fourth-order valence-electron chi connectivity index (χ4n) is 3.69. The Hall–Kier alpha value is -2.91. The van der Waals surface area contributed by atoms with Crippen molar-refractivity contribution in [3.05, 3.63) is 54.6 Å². The van der Waals surface area contributed by atoms with Gasteiger partial charge in [-0.15, -0.1) is 0 Å². The normalized spacial score (nSPS) is 17.3. The van der Waals surface area contributed by atoms with Gasteiger partial charge in [0, 0.05) is 25.8 Å². The number of carbonyl (C=O) groups is 2. The van der Waals surface area contributed by atoms with Crippen molar-refractivity contribution in [3.8, 4) is 0 Å². The summed E-state index contributed by atoms with van der Waals surface area (Å²) in [4.78, 5) is 26.7. The molecule has 2 aromatic rings. The summed E-state index contributed by atoms with van der Waals surface area (Å²) in [6, 6.07) is 14.6. The Morgan fingerprint density at radius 3 is 2.58 bits per heavy atom. The van der Waals surface area contributed by atoms with E-state index < -0.39 is 10.0 Å². The summed E-state index contributed by atoms with van der Waals surface area (Å²) in [5.74, 6) is -0.313. The highest BCUT2D eigenvalue weighted by Gasteiger charge is 2.33. The summed E-state index contributed by atoms with van der Waals surface area (Å²) in [7, 11) is -2.30. The van der Waals surface area contributed by atoms with Crippen LogP contribution < -0.4 is 14.9 Å². The van der Waals surface area contributed by atoms with Gasteiger partial charge in [0.2, 0.25) is 11.8 Å². The largest absolute Gasteiger partial charge is 0.353 e. The van der Waals surface area contributed by atoms with Gasteiger partial charge in [0.05, 0.1) is 23.2 Å². The van der Waals surface area contributed by atoms with Crippen molar-refractivity contribution in [1.82, 2.24) is 10.2 Å². The number of hydrogen-bond donors (Lipinski definition) is 2. The van der Waals surface area contributed by atoms with Gasteiger partial charge in [-0.1, -0.05) is 38.1 Å². The third-order valence-corrected chi connectivity index (χ3v) is 7.02. The maximum absolute atomic E-state index is 13.0. The number of hydrogen-bond acceptors (Lipinski definition) is 5. The zero-order chi connectivity index (χ0) is 22.6. The second-order valence-corrected chi connectivity index (χ2v) is 9.80. The SMILES string of the molecule is CC(C)C1C(=O)NCCN1CC(=O)Nc1cccc(S(=O)(=O)N(C)c2ccccc2)c1. The number of amides is 2. The van der Waals surface area contributed by atoms with Crippen molar-refractivity contribution in [3.63, 3.8) is 0 Å². The molecule has 31 heavy (non-hydrogen) atoms. The highest BCUT2D eigenvalue weighted by Crippen LogP contribution is 2.24. The summed E-state index contributed by atoms with van der Waals surface area (Å²) < 4.78 is 27.2. The molecule has 0 aromatic heterocycles. The van der Waals surface area contributed by atoms with Crippen LogP contribution in [-0.2, 0) is 19.6 Å². The molecule has 0 saturated carbocycles. The number of carbonyl (C=O) groups excluding carboxylic acids is 2. The van der Waals surface area contributed by atoms with Crippen LogP contribution in [0, 0.1) is 5.92 Å². The van der Waals surface area contributed by atoms with Gasteiger partial charge >= 0.3 is 0 Å². The molecule has 2 amide bonds. The van der Waals surface area contributed by atoms with Gasteiger partial charge in [-0.25, -0.2) is 8.42 Å². The van der Waals surface area contributed by atoms with Crippen LogP contribution in [0.3, 0.4) is 0 Å². The average Bonchev–Trinajstić information content (AvgIpc) is 2.73. The fraction of sp³-hybridized carbons (Fsp3) is 0.364. The van der Waals surface area contributed by atoms with Crippen LogP contribution >= 0.6 is 0 Å². The van der Waals surface area contributed by atoms with E-state index in [2.05, 4.69) is 10.6 Å². The van der Waals surface area contributed by atoms with E-state index in [1.54, 1.807) is 36.4 Å². The standard InChI is InChI=1S/C22H28N4O4S/c1-16(2)21-22(28)23-12-13-26(21)15-20(27)24-17-8-7-11-19(14-17)31(29,30)25(3)18-9-5-4-6-10-18/h4-11,14,16,21H,12-13,15H2,1-3H3,(H,23,28)(H,24,27). The molecule has 0 radical (unpaired) electrons. The number of anilines is 2. The zero-order valence-corrected chi connectivity index (χ0v) is 18.7. The summed E-state index contributed by atoms with van der Waals surface area (Å²) in [5.41, 5.74) is 0.926. The molecule has 1 fully saturated rings. The van der Waals surface area contributed by atoms with Crippen molar-refractivity contribution in [2.75, 3.05) is 36.3 Å². The Bertz CT molecular complexity index is 1040. The van der Waals surface area contributed by atoms with Crippen molar-refractivity contribution >= 4 is 33.2 Å². The van der Waals surface area contributed by atoms with Gasteiger partial charge in [0.25, 0.3) is 10.0 Å². The van der Waals surface area contributed by atoms with E-state index in [9.17, 15) is 18.0 Å². The molecule has 1 heterocycles. The second kappa shape index (κ2) is 9.49. The van der Waals surface area contributed by atoms with Crippen molar-refractivity contribution in [2.45, 2.75) is 24.8 Å². The maximum atomic E-state index is 13.0. The van der Waals surface area contributed by atoms with Crippen molar-refractivity contribution in [2.24, 2.45) is 5.92 Å². The lowest BCUT2D eigenvalue weighted by Gasteiger charge is -2.36. The summed E-state index contributed by atoms with van der Waals surface area (Å²) in [5, 5.41) is 5.59. The van der Waals surface area contributed by atoms with Gasteiger partial charge < -0.3 is 10.6 Å². The van der Waals surface area contributed by atoms with Gasteiger partial charge in [0.15, 0.2) is 0 Å². The predicted octanol–water partition coefficient (Wildman–Crippen LogP) is 1.91. The molecule has 1 aliphatic heterocycles. The molecule has 8 nitrogen and oxygen atoms in total. The van der Waals surface area contributed by atoms with Crippen LogP contribution in [0.2, 0.25) is 0 Å². The first-order chi connectivity index (χ1) is 14.7. The lowest BCUT2D eigenvalue weighted by atomic mass is 10.00. The van der Waals surface area contributed by atoms with E-state index in [4.69, 9.17) is 0 Å². The molecular formula is C22H28N4O4S. The van der Waals surface area contributed by atoms with E-state index in [-0.39, 0.29) is 35.2 Å². The summed E-state index contributed by atoms with van der Waals surface area (Å²) >= 11 is 0. The highest BCUT2D eigenvalue weighted by molar-refractivity contribution is 7.92. The molecule has 166 valence electrons. The Balaban J connectivity index is 1.73. The smallest absolute Gasteiger partial charge is 0.264 e. The molecule has 1 aliphatic rings. The van der Waals surface area contributed by atoms with E-state index in [0.717, 1.165) is 0 Å². The predicted molar refractivity (Wildman–Crippen MR) is 120 cm³/mol. The van der Waals surface area contributed by atoms with Gasteiger partial charge in [0.1, 0.15) is 0 Å². The molecular weight excluding hydrogens is 416 g/mol. The quantitative estimate of drug-likeness (QED) is 0.680. The minimum atomic E-state index is -3.79.